The molecule has 0 atom stereocenters. The van der Waals surface area contributed by atoms with E-state index in [1.807, 2.05) is 19.1 Å². The van der Waals surface area contributed by atoms with Crippen LogP contribution in [0.2, 0.25) is 10.3 Å². The number of benzene rings is 1. The van der Waals surface area contributed by atoms with Gasteiger partial charge in [-0.1, -0.05) is 41.4 Å². The molecular formula is C12H9Cl2N3O. The van der Waals surface area contributed by atoms with Crippen LogP contribution in [0.5, 0.6) is 0 Å². The van der Waals surface area contributed by atoms with E-state index in [1.54, 1.807) is 12.1 Å². The number of hydrogen-bond acceptors (Lipinski definition) is 3. The summed E-state index contributed by atoms with van der Waals surface area (Å²) < 4.78 is 0. The van der Waals surface area contributed by atoms with Crippen LogP contribution in [-0.2, 0) is 0 Å². The number of halogens is 2. The predicted molar refractivity (Wildman–Crippen MR) is 71.2 cm³/mol. The highest BCUT2D eigenvalue weighted by molar-refractivity contribution is 6.38. The molecule has 1 amide bonds. The number of nitrogens with zero attached hydrogens (tertiary/aromatic N) is 2. The van der Waals surface area contributed by atoms with Gasteiger partial charge in [0.15, 0.2) is 10.3 Å². The van der Waals surface area contributed by atoms with Gasteiger partial charge in [-0.25, -0.2) is 9.97 Å². The zero-order valence-corrected chi connectivity index (χ0v) is 11.0. The lowest BCUT2D eigenvalue weighted by Gasteiger charge is -2.09. The third-order valence-electron chi connectivity index (χ3n) is 2.38. The van der Waals surface area contributed by atoms with E-state index in [0.717, 1.165) is 5.56 Å². The number of aryl methyl sites for hydroxylation is 1. The van der Waals surface area contributed by atoms with Gasteiger partial charge in [0.2, 0.25) is 0 Å². The van der Waals surface area contributed by atoms with E-state index in [4.69, 9.17) is 23.2 Å². The van der Waals surface area contributed by atoms with Crippen molar-refractivity contribution in [3.63, 3.8) is 0 Å². The van der Waals surface area contributed by atoms with Gasteiger partial charge < -0.3 is 5.32 Å². The van der Waals surface area contributed by atoms with Gasteiger partial charge in [0, 0.05) is 5.56 Å². The van der Waals surface area contributed by atoms with Gasteiger partial charge in [0.05, 0.1) is 0 Å². The van der Waals surface area contributed by atoms with Crippen molar-refractivity contribution in [1.82, 2.24) is 9.97 Å². The average Bonchev–Trinajstić information content (AvgIpc) is 2.34. The number of nitrogens with one attached hydrogen (secondary N) is 1. The number of carbonyl (C=O) groups excluding carboxylic acids is 1. The number of carbonyl (C=O) groups is 1. The Morgan fingerprint density at radius 3 is 2.39 bits per heavy atom. The van der Waals surface area contributed by atoms with Crippen LogP contribution in [0.4, 0.5) is 5.69 Å². The highest BCUT2D eigenvalue weighted by atomic mass is 35.5. The van der Waals surface area contributed by atoms with Gasteiger partial charge in [0.1, 0.15) is 12.0 Å². The second-order valence-corrected chi connectivity index (χ2v) is 4.32. The van der Waals surface area contributed by atoms with Gasteiger partial charge in [-0.2, -0.15) is 0 Å². The quantitative estimate of drug-likeness (QED) is 0.859. The van der Waals surface area contributed by atoms with E-state index in [2.05, 4.69) is 15.3 Å². The molecule has 0 saturated heterocycles. The van der Waals surface area contributed by atoms with E-state index in [0.29, 0.717) is 5.56 Å². The summed E-state index contributed by atoms with van der Waals surface area (Å²) in [7, 11) is 0. The molecule has 6 heteroatoms. The maximum atomic E-state index is 12.1. The third-order valence-corrected chi connectivity index (χ3v) is 2.96. The Kier molecular flexibility index (Phi) is 3.79. The van der Waals surface area contributed by atoms with Gasteiger partial charge in [-0.05, 0) is 18.6 Å². The van der Waals surface area contributed by atoms with Crippen LogP contribution in [-0.4, -0.2) is 15.9 Å². The normalized spacial score (nSPS) is 10.2. The molecule has 92 valence electrons. The lowest BCUT2D eigenvalue weighted by molar-refractivity contribution is 0.102. The number of anilines is 1. The molecule has 4 nitrogen and oxygen atoms in total. The first-order valence-electron chi connectivity index (χ1n) is 5.12. The monoisotopic (exact) mass is 281 g/mol. The molecule has 1 aromatic carbocycles. The zero-order chi connectivity index (χ0) is 13.1. The van der Waals surface area contributed by atoms with Crippen LogP contribution in [0.25, 0.3) is 0 Å². The smallest absolute Gasteiger partial charge is 0.256 e. The molecule has 0 aliphatic carbocycles. The van der Waals surface area contributed by atoms with Crippen LogP contribution >= 0.6 is 23.2 Å². The Hall–Kier alpha value is -1.65. The van der Waals surface area contributed by atoms with Crippen LogP contribution in [0.3, 0.4) is 0 Å². The molecule has 2 aromatic rings. The summed E-state index contributed by atoms with van der Waals surface area (Å²) in [6.45, 7) is 1.85. The maximum Gasteiger partial charge on any atom is 0.256 e. The summed E-state index contributed by atoms with van der Waals surface area (Å²) in [5.41, 5.74) is 1.63. The standard InChI is InChI=1S/C12H9Cl2N3O/c1-7-4-2-3-5-8(7)12(18)17-9-10(13)15-6-16-11(9)14/h2-6H,1H3,(H,17,18). The van der Waals surface area contributed by atoms with Gasteiger partial charge in [-0.15, -0.1) is 0 Å². The summed E-state index contributed by atoms with van der Waals surface area (Å²) in [6.07, 6.45) is 1.23. The zero-order valence-electron chi connectivity index (χ0n) is 9.45. The fourth-order valence-electron chi connectivity index (χ4n) is 1.46. The first-order chi connectivity index (χ1) is 8.59. The van der Waals surface area contributed by atoms with E-state index in [-0.39, 0.29) is 21.9 Å². The van der Waals surface area contributed by atoms with E-state index in [9.17, 15) is 4.79 Å². The molecule has 1 heterocycles. The molecule has 1 N–H and O–H groups in total. The molecule has 0 radical (unpaired) electrons. The second-order valence-electron chi connectivity index (χ2n) is 3.60. The van der Waals surface area contributed by atoms with Gasteiger partial charge in [0.25, 0.3) is 5.91 Å². The third kappa shape index (κ3) is 2.60. The molecule has 1 aromatic heterocycles. The SMILES string of the molecule is Cc1ccccc1C(=O)Nc1c(Cl)ncnc1Cl. The Morgan fingerprint density at radius 2 is 1.78 bits per heavy atom. The summed E-state index contributed by atoms with van der Waals surface area (Å²) in [5, 5.41) is 2.82. The molecular weight excluding hydrogens is 273 g/mol. The molecule has 0 spiro atoms. The Labute approximate surface area is 114 Å². The Morgan fingerprint density at radius 1 is 1.17 bits per heavy atom. The van der Waals surface area contributed by atoms with Crippen LogP contribution in [0.1, 0.15) is 15.9 Å². The van der Waals surface area contributed by atoms with Crippen LogP contribution < -0.4 is 5.32 Å². The fourth-order valence-corrected chi connectivity index (χ4v) is 1.87. The number of aromatic nitrogens is 2. The highest BCUT2D eigenvalue weighted by Gasteiger charge is 2.14. The van der Waals surface area contributed by atoms with Crippen molar-refractivity contribution < 1.29 is 4.79 Å². The molecule has 0 aliphatic rings. The highest BCUT2D eigenvalue weighted by Crippen LogP contribution is 2.26. The molecule has 0 bridgehead atoms. The first-order valence-corrected chi connectivity index (χ1v) is 5.88. The minimum Gasteiger partial charge on any atom is -0.317 e. The van der Waals surface area contributed by atoms with E-state index < -0.39 is 0 Å². The largest absolute Gasteiger partial charge is 0.317 e. The fraction of sp³-hybridized carbons (Fsp3) is 0.0833. The van der Waals surface area contributed by atoms with Crippen molar-refractivity contribution >= 4 is 34.8 Å². The van der Waals surface area contributed by atoms with Crippen molar-refractivity contribution in [2.75, 3.05) is 5.32 Å². The van der Waals surface area contributed by atoms with Crippen LogP contribution in [0, 0.1) is 6.92 Å². The first kappa shape index (κ1) is 12.8. The molecule has 0 fully saturated rings. The lowest BCUT2D eigenvalue weighted by Crippen LogP contribution is -2.14. The topological polar surface area (TPSA) is 54.9 Å². The number of amides is 1. The number of hydrogen-bond donors (Lipinski definition) is 1. The molecule has 0 unspecified atom stereocenters. The minimum absolute atomic E-state index is 0.108. The molecule has 18 heavy (non-hydrogen) atoms. The summed E-state index contributed by atoms with van der Waals surface area (Å²) in [4.78, 5) is 19.6. The van der Waals surface area contributed by atoms with Crippen molar-refractivity contribution in [2.24, 2.45) is 0 Å². The van der Waals surface area contributed by atoms with E-state index >= 15 is 0 Å². The molecule has 2 rings (SSSR count). The summed E-state index contributed by atoms with van der Waals surface area (Å²) >= 11 is 11.7. The minimum atomic E-state index is -0.299. The van der Waals surface area contributed by atoms with Crippen molar-refractivity contribution in [1.29, 1.82) is 0 Å². The number of rotatable bonds is 2. The van der Waals surface area contributed by atoms with E-state index in [1.165, 1.54) is 6.33 Å². The lowest BCUT2D eigenvalue weighted by atomic mass is 10.1. The maximum absolute atomic E-state index is 12.1. The Balaban J connectivity index is 2.30. The average molecular weight is 282 g/mol. The Bertz CT molecular complexity index is 581. The van der Waals surface area contributed by atoms with Crippen LogP contribution in [0.15, 0.2) is 30.6 Å². The molecule has 0 saturated carbocycles. The summed E-state index contributed by atoms with van der Waals surface area (Å²) in [6, 6.07) is 7.21. The van der Waals surface area contributed by atoms with Gasteiger partial charge in [-0.3, -0.25) is 4.79 Å². The van der Waals surface area contributed by atoms with Crippen molar-refractivity contribution in [3.05, 3.63) is 52.0 Å². The van der Waals surface area contributed by atoms with Gasteiger partial charge >= 0.3 is 0 Å². The summed E-state index contributed by atoms with van der Waals surface area (Å²) in [5.74, 6) is -0.299. The van der Waals surface area contributed by atoms with Crippen molar-refractivity contribution in [2.45, 2.75) is 6.92 Å². The second kappa shape index (κ2) is 5.33. The predicted octanol–water partition coefficient (Wildman–Crippen LogP) is 3.34. The van der Waals surface area contributed by atoms with Crippen molar-refractivity contribution in [3.8, 4) is 0 Å². The molecule has 0 aliphatic heterocycles.